The zero-order valence-electron chi connectivity index (χ0n) is 12.7. The van der Waals surface area contributed by atoms with Crippen molar-refractivity contribution in [1.29, 1.82) is 5.26 Å². The van der Waals surface area contributed by atoms with E-state index in [-0.39, 0.29) is 11.4 Å². The highest BCUT2D eigenvalue weighted by atomic mass is 19.1. The number of nitrogens with zero attached hydrogens (tertiary/aromatic N) is 2. The number of hydrogen-bond acceptors (Lipinski definition) is 3. The van der Waals surface area contributed by atoms with Crippen LogP contribution >= 0.6 is 0 Å². The van der Waals surface area contributed by atoms with Crippen LogP contribution in [-0.2, 0) is 6.54 Å². The fourth-order valence-corrected chi connectivity index (χ4v) is 3.41. The third-order valence-electron chi connectivity index (χ3n) is 4.62. The predicted molar refractivity (Wildman–Crippen MR) is 82.0 cm³/mol. The van der Waals surface area contributed by atoms with Gasteiger partial charge in [0.25, 0.3) is 0 Å². The van der Waals surface area contributed by atoms with Crippen molar-refractivity contribution in [2.45, 2.75) is 45.2 Å². The van der Waals surface area contributed by atoms with E-state index in [2.05, 4.69) is 11.8 Å². The van der Waals surface area contributed by atoms with Gasteiger partial charge in [-0.25, -0.2) is 4.39 Å². The highest BCUT2D eigenvalue weighted by molar-refractivity contribution is 5.34. The van der Waals surface area contributed by atoms with E-state index in [1.807, 2.05) is 6.07 Å². The van der Waals surface area contributed by atoms with Crippen LogP contribution in [-0.4, -0.2) is 24.0 Å². The molecular formula is C17H24FN3. The van der Waals surface area contributed by atoms with Crippen LogP contribution in [0.25, 0.3) is 0 Å². The Bertz CT molecular complexity index is 509. The number of hydrogen-bond donors (Lipinski definition) is 1. The Morgan fingerprint density at radius 2 is 2.14 bits per heavy atom. The summed E-state index contributed by atoms with van der Waals surface area (Å²) in [5, 5.41) is 8.94. The Morgan fingerprint density at radius 1 is 1.38 bits per heavy atom. The molecule has 0 heterocycles. The quantitative estimate of drug-likeness (QED) is 0.906. The summed E-state index contributed by atoms with van der Waals surface area (Å²) in [6.45, 7) is 4.23. The van der Waals surface area contributed by atoms with E-state index in [0.29, 0.717) is 30.6 Å². The van der Waals surface area contributed by atoms with Crippen LogP contribution < -0.4 is 5.73 Å². The zero-order valence-corrected chi connectivity index (χ0v) is 12.7. The number of benzene rings is 1. The highest BCUT2D eigenvalue weighted by Crippen LogP contribution is 2.29. The van der Waals surface area contributed by atoms with Gasteiger partial charge in [0, 0.05) is 18.2 Å². The van der Waals surface area contributed by atoms with Gasteiger partial charge in [-0.2, -0.15) is 5.26 Å². The van der Waals surface area contributed by atoms with E-state index < -0.39 is 0 Å². The van der Waals surface area contributed by atoms with Crippen molar-refractivity contribution in [3.8, 4) is 6.07 Å². The maximum atomic E-state index is 14.2. The van der Waals surface area contributed by atoms with Gasteiger partial charge in [0.2, 0.25) is 0 Å². The summed E-state index contributed by atoms with van der Waals surface area (Å²) >= 11 is 0. The molecule has 2 atom stereocenters. The lowest BCUT2D eigenvalue weighted by Crippen LogP contribution is -2.44. The van der Waals surface area contributed by atoms with Crippen LogP contribution in [0.2, 0.25) is 0 Å². The molecule has 2 unspecified atom stereocenters. The first kappa shape index (κ1) is 15.9. The van der Waals surface area contributed by atoms with E-state index in [1.165, 1.54) is 25.3 Å². The summed E-state index contributed by atoms with van der Waals surface area (Å²) in [5.41, 5.74) is 6.65. The molecule has 0 amide bonds. The second-order valence-corrected chi connectivity index (χ2v) is 5.80. The number of halogens is 1. The molecule has 1 saturated carbocycles. The molecule has 1 fully saturated rings. The summed E-state index contributed by atoms with van der Waals surface area (Å²) in [4.78, 5) is 2.32. The van der Waals surface area contributed by atoms with E-state index in [1.54, 1.807) is 12.1 Å². The molecule has 1 aliphatic rings. The minimum Gasteiger partial charge on any atom is -0.330 e. The standard InChI is InChI=1S/C17H24FN3/c1-2-21(16-9-4-3-6-13(16)10-19)12-15-8-5-7-14(11-20)17(15)18/h5,7-8,13,16H,2-4,6,9-10,12,19H2,1H3. The second kappa shape index (κ2) is 7.53. The second-order valence-electron chi connectivity index (χ2n) is 5.80. The molecule has 21 heavy (non-hydrogen) atoms. The predicted octanol–water partition coefficient (Wildman–Crippen LogP) is 3.04. The Balaban J connectivity index is 2.17. The molecule has 3 nitrogen and oxygen atoms in total. The van der Waals surface area contributed by atoms with Crippen LogP contribution in [0.4, 0.5) is 4.39 Å². The molecular weight excluding hydrogens is 265 g/mol. The van der Waals surface area contributed by atoms with Crippen molar-refractivity contribution in [3.63, 3.8) is 0 Å². The van der Waals surface area contributed by atoms with Gasteiger partial charge >= 0.3 is 0 Å². The molecule has 2 N–H and O–H groups in total. The zero-order chi connectivity index (χ0) is 15.2. The van der Waals surface area contributed by atoms with Crippen LogP contribution in [0.3, 0.4) is 0 Å². The van der Waals surface area contributed by atoms with Gasteiger partial charge in [-0.15, -0.1) is 0 Å². The molecule has 4 heteroatoms. The SMILES string of the molecule is CCN(Cc1cccc(C#N)c1F)C1CCCCC1CN. The lowest BCUT2D eigenvalue weighted by atomic mass is 9.83. The first-order valence-corrected chi connectivity index (χ1v) is 7.82. The lowest BCUT2D eigenvalue weighted by Gasteiger charge is -2.39. The third-order valence-corrected chi connectivity index (χ3v) is 4.62. The fourth-order valence-electron chi connectivity index (χ4n) is 3.41. The average molecular weight is 289 g/mol. The average Bonchev–Trinajstić information content (AvgIpc) is 2.54. The topological polar surface area (TPSA) is 53.0 Å². The Kier molecular flexibility index (Phi) is 5.72. The summed E-state index contributed by atoms with van der Waals surface area (Å²) < 4.78 is 14.2. The Hall–Kier alpha value is -1.44. The van der Waals surface area contributed by atoms with Gasteiger partial charge in [-0.1, -0.05) is 31.9 Å². The van der Waals surface area contributed by atoms with E-state index in [9.17, 15) is 4.39 Å². The van der Waals surface area contributed by atoms with Crippen molar-refractivity contribution >= 4 is 0 Å². The van der Waals surface area contributed by atoms with Crippen molar-refractivity contribution in [3.05, 3.63) is 35.1 Å². The highest BCUT2D eigenvalue weighted by Gasteiger charge is 2.29. The van der Waals surface area contributed by atoms with Gasteiger partial charge in [0.05, 0.1) is 5.56 Å². The number of rotatable bonds is 5. The van der Waals surface area contributed by atoms with E-state index in [0.717, 1.165) is 13.0 Å². The molecule has 114 valence electrons. The molecule has 1 aromatic carbocycles. The molecule has 0 aliphatic heterocycles. The third kappa shape index (κ3) is 3.61. The Morgan fingerprint density at radius 3 is 2.81 bits per heavy atom. The molecule has 0 spiro atoms. The lowest BCUT2D eigenvalue weighted by molar-refractivity contribution is 0.104. The molecule has 0 aromatic heterocycles. The number of nitriles is 1. The maximum absolute atomic E-state index is 14.2. The van der Waals surface area contributed by atoms with Crippen molar-refractivity contribution < 1.29 is 4.39 Å². The van der Waals surface area contributed by atoms with Crippen LogP contribution in [0.15, 0.2) is 18.2 Å². The van der Waals surface area contributed by atoms with E-state index in [4.69, 9.17) is 11.0 Å². The maximum Gasteiger partial charge on any atom is 0.145 e. The molecule has 0 saturated heterocycles. The van der Waals surface area contributed by atoms with E-state index >= 15 is 0 Å². The van der Waals surface area contributed by atoms with Gasteiger partial charge in [-0.05, 0) is 37.9 Å². The Labute approximate surface area is 126 Å². The van der Waals surface area contributed by atoms with Gasteiger partial charge in [0.15, 0.2) is 0 Å². The van der Waals surface area contributed by atoms with Gasteiger partial charge < -0.3 is 5.73 Å². The van der Waals surface area contributed by atoms with Crippen LogP contribution in [0, 0.1) is 23.1 Å². The van der Waals surface area contributed by atoms with Crippen LogP contribution in [0.1, 0.15) is 43.7 Å². The minimum atomic E-state index is -0.376. The smallest absolute Gasteiger partial charge is 0.145 e. The van der Waals surface area contributed by atoms with Gasteiger partial charge in [-0.3, -0.25) is 4.90 Å². The molecule has 1 aromatic rings. The summed E-state index contributed by atoms with van der Waals surface area (Å²) in [5.74, 6) is 0.125. The van der Waals surface area contributed by atoms with Crippen molar-refractivity contribution in [1.82, 2.24) is 4.90 Å². The minimum absolute atomic E-state index is 0.127. The number of nitrogens with two attached hydrogens (primary N) is 1. The molecule has 0 radical (unpaired) electrons. The molecule has 2 rings (SSSR count). The molecule has 1 aliphatic carbocycles. The first-order chi connectivity index (χ1) is 10.2. The first-order valence-electron chi connectivity index (χ1n) is 7.82. The largest absolute Gasteiger partial charge is 0.330 e. The van der Waals surface area contributed by atoms with Crippen LogP contribution in [0.5, 0.6) is 0 Å². The van der Waals surface area contributed by atoms with Crippen molar-refractivity contribution in [2.24, 2.45) is 11.7 Å². The fraction of sp³-hybridized carbons (Fsp3) is 0.588. The normalized spacial score (nSPS) is 22.2. The summed E-state index contributed by atoms with van der Waals surface area (Å²) in [6.07, 6.45) is 4.76. The van der Waals surface area contributed by atoms with Crippen molar-refractivity contribution in [2.75, 3.05) is 13.1 Å². The summed E-state index contributed by atoms with van der Waals surface area (Å²) in [6, 6.07) is 7.40. The molecule has 0 bridgehead atoms. The van der Waals surface area contributed by atoms with Gasteiger partial charge in [0.1, 0.15) is 11.9 Å². The monoisotopic (exact) mass is 289 g/mol. The summed E-state index contributed by atoms with van der Waals surface area (Å²) in [7, 11) is 0.